The molecule has 24 heavy (non-hydrogen) atoms. The maximum atomic E-state index is 12.6. The van der Waals surface area contributed by atoms with Crippen LogP contribution >= 0.6 is 11.6 Å². The van der Waals surface area contributed by atoms with Gasteiger partial charge >= 0.3 is 0 Å². The van der Waals surface area contributed by atoms with Crippen molar-refractivity contribution in [3.05, 3.63) is 64.2 Å². The van der Waals surface area contributed by atoms with Crippen LogP contribution in [0.2, 0.25) is 5.02 Å². The van der Waals surface area contributed by atoms with E-state index in [1.807, 2.05) is 42.2 Å². The number of aryl methyl sites for hydroxylation is 1. The number of benzene rings is 2. The lowest BCUT2D eigenvalue weighted by Gasteiger charge is -2.37. The molecule has 3 nitrogen and oxygen atoms in total. The van der Waals surface area contributed by atoms with Crippen molar-refractivity contribution in [1.82, 2.24) is 4.90 Å². The predicted octanol–water partition coefficient (Wildman–Crippen LogP) is 3.85. The van der Waals surface area contributed by atoms with Crippen LogP contribution in [0.25, 0.3) is 0 Å². The SMILES string of the molecule is Cc1ccccc1CC(=O)N1CCN(c2cccc(Cl)c2C)CC1. The highest BCUT2D eigenvalue weighted by Gasteiger charge is 2.22. The highest BCUT2D eigenvalue weighted by Crippen LogP contribution is 2.27. The van der Waals surface area contributed by atoms with Gasteiger partial charge in [-0.1, -0.05) is 41.9 Å². The molecule has 0 radical (unpaired) electrons. The van der Waals surface area contributed by atoms with Gasteiger partial charge in [0, 0.05) is 36.9 Å². The Hall–Kier alpha value is -2.00. The number of carbonyl (C=O) groups excluding carboxylic acids is 1. The molecular weight excluding hydrogens is 320 g/mol. The summed E-state index contributed by atoms with van der Waals surface area (Å²) in [7, 11) is 0. The summed E-state index contributed by atoms with van der Waals surface area (Å²) in [6.45, 7) is 7.32. The molecule has 0 unspecified atom stereocenters. The topological polar surface area (TPSA) is 23.6 Å². The predicted molar refractivity (Wildman–Crippen MR) is 99.9 cm³/mol. The number of halogens is 1. The first-order valence-electron chi connectivity index (χ1n) is 8.38. The van der Waals surface area contributed by atoms with E-state index in [1.54, 1.807) is 0 Å². The van der Waals surface area contributed by atoms with E-state index in [2.05, 4.69) is 24.0 Å². The fourth-order valence-electron chi connectivity index (χ4n) is 3.22. The molecule has 126 valence electrons. The maximum Gasteiger partial charge on any atom is 0.227 e. The molecule has 0 aliphatic carbocycles. The minimum absolute atomic E-state index is 0.215. The first-order chi connectivity index (χ1) is 11.6. The zero-order valence-electron chi connectivity index (χ0n) is 14.3. The minimum atomic E-state index is 0.215. The molecule has 2 aromatic rings. The number of carbonyl (C=O) groups is 1. The normalized spacial score (nSPS) is 14.8. The molecule has 0 bridgehead atoms. The van der Waals surface area contributed by atoms with E-state index < -0.39 is 0 Å². The first kappa shape index (κ1) is 16.8. The smallest absolute Gasteiger partial charge is 0.227 e. The summed E-state index contributed by atoms with van der Waals surface area (Å²) in [5.41, 5.74) is 4.59. The quantitative estimate of drug-likeness (QED) is 0.846. The molecule has 2 aromatic carbocycles. The Bertz CT molecular complexity index is 736. The van der Waals surface area contributed by atoms with E-state index >= 15 is 0 Å². The van der Waals surface area contributed by atoms with Gasteiger partial charge in [0.05, 0.1) is 6.42 Å². The van der Waals surface area contributed by atoms with E-state index in [1.165, 1.54) is 11.3 Å². The highest BCUT2D eigenvalue weighted by atomic mass is 35.5. The Morgan fingerprint density at radius 2 is 1.71 bits per heavy atom. The van der Waals surface area contributed by atoms with Gasteiger partial charge in [-0.2, -0.15) is 0 Å². The van der Waals surface area contributed by atoms with E-state index in [4.69, 9.17) is 11.6 Å². The van der Waals surface area contributed by atoms with Gasteiger partial charge in [0.1, 0.15) is 0 Å². The monoisotopic (exact) mass is 342 g/mol. The second-order valence-corrected chi connectivity index (χ2v) is 6.76. The van der Waals surface area contributed by atoms with Gasteiger partial charge in [-0.05, 0) is 42.7 Å². The van der Waals surface area contributed by atoms with Gasteiger partial charge in [-0.25, -0.2) is 0 Å². The molecule has 1 fully saturated rings. The molecule has 1 heterocycles. The third-order valence-corrected chi connectivity index (χ3v) is 5.22. The van der Waals surface area contributed by atoms with E-state index in [0.717, 1.165) is 42.3 Å². The second kappa shape index (κ2) is 7.27. The van der Waals surface area contributed by atoms with Gasteiger partial charge in [-0.3, -0.25) is 4.79 Å². The molecule has 1 amide bonds. The number of amides is 1. The summed E-state index contributed by atoms with van der Waals surface area (Å²) in [5, 5.41) is 0.797. The van der Waals surface area contributed by atoms with Crippen molar-refractivity contribution in [3.63, 3.8) is 0 Å². The molecule has 0 saturated carbocycles. The maximum absolute atomic E-state index is 12.6. The third-order valence-electron chi connectivity index (χ3n) is 4.82. The molecular formula is C20H23ClN2O. The van der Waals surface area contributed by atoms with Crippen LogP contribution in [-0.2, 0) is 11.2 Å². The Labute approximate surface area is 148 Å². The zero-order valence-corrected chi connectivity index (χ0v) is 15.0. The molecule has 0 aromatic heterocycles. The fraction of sp³-hybridized carbons (Fsp3) is 0.350. The summed E-state index contributed by atoms with van der Waals surface area (Å²) in [4.78, 5) is 16.9. The molecule has 0 N–H and O–H groups in total. The molecule has 1 aliphatic rings. The molecule has 4 heteroatoms. The van der Waals surface area contributed by atoms with Crippen LogP contribution in [0.3, 0.4) is 0 Å². The highest BCUT2D eigenvalue weighted by molar-refractivity contribution is 6.31. The molecule has 1 aliphatic heterocycles. The van der Waals surface area contributed by atoms with E-state index in [-0.39, 0.29) is 5.91 Å². The minimum Gasteiger partial charge on any atom is -0.368 e. The second-order valence-electron chi connectivity index (χ2n) is 6.36. The van der Waals surface area contributed by atoms with Crippen LogP contribution in [0.5, 0.6) is 0 Å². The van der Waals surface area contributed by atoms with Crippen LogP contribution in [0, 0.1) is 13.8 Å². The van der Waals surface area contributed by atoms with Crippen LogP contribution in [-0.4, -0.2) is 37.0 Å². The number of anilines is 1. The van der Waals surface area contributed by atoms with Crippen molar-refractivity contribution >= 4 is 23.2 Å². The lowest BCUT2D eigenvalue weighted by Crippen LogP contribution is -2.49. The van der Waals surface area contributed by atoms with Crippen molar-refractivity contribution in [1.29, 1.82) is 0 Å². The van der Waals surface area contributed by atoms with Gasteiger partial charge in [0.2, 0.25) is 5.91 Å². The molecule has 0 spiro atoms. The number of hydrogen-bond donors (Lipinski definition) is 0. The first-order valence-corrected chi connectivity index (χ1v) is 8.76. The lowest BCUT2D eigenvalue weighted by atomic mass is 10.0. The summed E-state index contributed by atoms with van der Waals surface area (Å²) in [6.07, 6.45) is 0.489. The van der Waals surface area contributed by atoms with E-state index in [0.29, 0.717) is 6.42 Å². The molecule has 1 saturated heterocycles. The molecule has 0 atom stereocenters. The van der Waals surface area contributed by atoms with Gasteiger partial charge in [0.25, 0.3) is 0 Å². The number of piperazine rings is 1. The molecule has 3 rings (SSSR count). The van der Waals surface area contributed by atoms with Crippen LogP contribution in [0.4, 0.5) is 5.69 Å². The number of nitrogens with zero attached hydrogens (tertiary/aromatic N) is 2. The van der Waals surface area contributed by atoms with Gasteiger partial charge in [0.15, 0.2) is 0 Å². The van der Waals surface area contributed by atoms with Crippen LogP contribution in [0.1, 0.15) is 16.7 Å². The Morgan fingerprint density at radius 1 is 1.00 bits per heavy atom. The number of rotatable bonds is 3. The summed E-state index contributed by atoms with van der Waals surface area (Å²) in [6, 6.07) is 14.1. The summed E-state index contributed by atoms with van der Waals surface area (Å²) in [5.74, 6) is 0.215. The number of hydrogen-bond acceptors (Lipinski definition) is 2. The van der Waals surface area contributed by atoms with Crippen molar-refractivity contribution in [3.8, 4) is 0 Å². The van der Waals surface area contributed by atoms with Gasteiger partial charge < -0.3 is 9.80 Å². The van der Waals surface area contributed by atoms with E-state index in [9.17, 15) is 4.79 Å². The van der Waals surface area contributed by atoms with Crippen molar-refractivity contribution in [2.75, 3.05) is 31.1 Å². The zero-order chi connectivity index (χ0) is 17.1. The van der Waals surface area contributed by atoms with Crippen molar-refractivity contribution in [2.45, 2.75) is 20.3 Å². The summed E-state index contributed by atoms with van der Waals surface area (Å²) >= 11 is 6.23. The largest absolute Gasteiger partial charge is 0.368 e. The Balaban J connectivity index is 1.62. The Morgan fingerprint density at radius 3 is 2.42 bits per heavy atom. The standard InChI is InChI=1S/C20H23ClN2O/c1-15-6-3-4-7-17(15)14-20(24)23-12-10-22(11-13-23)19-9-5-8-18(21)16(19)2/h3-9H,10-14H2,1-2H3. The third kappa shape index (κ3) is 3.57. The van der Waals surface area contributed by atoms with Crippen molar-refractivity contribution < 1.29 is 4.79 Å². The van der Waals surface area contributed by atoms with Gasteiger partial charge in [-0.15, -0.1) is 0 Å². The summed E-state index contributed by atoms with van der Waals surface area (Å²) < 4.78 is 0. The van der Waals surface area contributed by atoms with Crippen LogP contribution in [0.15, 0.2) is 42.5 Å². The average molecular weight is 343 g/mol. The fourth-order valence-corrected chi connectivity index (χ4v) is 3.39. The lowest BCUT2D eigenvalue weighted by molar-refractivity contribution is -0.130. The Kier molecular flexibility index (Phi) is 5.10. The van der Waals surface area contributed by atoms with Crippen molar-refractivity contribution in [2.24, 2.45) is 0 Å². The van der Waals surface area contributed by atoms with Crippen LogP contribution < -0.4 is 4.90 Å². The average Bonchev–Trinajstić information content (AvgIpc) is 2.59.